The fourth-order valence-corrected chi connectivity index (χ4v) is 4.71. The molecule has 4 nitrogen and oxygen atoms in total. The first-order chi connectivity index (χ1) is 9.48. The summed E-state index contributed by atoms with van der Waals surface area (Å²) < 4.78 is 39.8. The summed E-state index contributed by atoms with van der Waals surface area (Å²) in [5.74, 6) is -0.605. The molecule has 3 rings (SSSR count). The normalized spacial score (nSPS) is 24.8. The maximum absolute atomic E-state index is 13.2. The second-order valence-electron chi connectivity index (χ2n) is 5.27. The van der Waals surface area contributed by atoms with Gasteiger partial charge >= 0.3 is 0 Å². The van der Waals surface area contributed by atoms with Gasteiger partial charge in [-0.3, -0.25) is 4.90 Å². The highest BCUT2D eigenvalue weighted by molar-refractivity contribution is 7.89. The largest absolute Gasteiger partial charge is 0.298 e. The molecule has 1 aromatic carbocycles. The molecule has 0 saturated carbocycles. The molecule has 20 heavy (non-hydrogen) atoms. The lowest BCUT2D eigenvalue weighted by Gasteiger charge is -2.36. The zero-order chi connectivity index (χ0) is 14.3. The van der Waals surface area contributed by atoms with Gasteiger partial charge in [-0.1, -0.05) is 11.6 Å². The number of sulfonamides is 1. The Morgan fingerprint density at radius 1 is 1.25 bits per heavy atom. The predicted molar refractivity (Wildman–Crippen MR) is 74.8 cm³/mol. The number of halogens is 2. The number of nitrogens with zero attached hydrogens (tertiary/aromatic N) is 2. The van der Waals surface area contributed by atoms with E-state index >= 15 is 0 Å². The molecule has 2 heterocycles. The van der Waals surface area contributed by atoms with Crippen LogP contribution in [0.2, 0.25) is 5.02 Å². The van der Waals surface area contributed by atoms with E-state index in [9.17, 15) is 12.8 Å². The molecule has 0 N–H and O–H groups in total. The Labute approximate surface area is 123 Å². The summed E-state index contributed by atoms with van der Waals surface area (Å²) in [6.07, 6.45) is 2.16. The first kappa shape index (κ1) is 14.3. The van der Waals surface area contributed by atoms with Crippen LogP contribution in [0, 0.1) is 5.82 Å². The van der Waals surface area contributed by atoms with E-state index in [1.54, 1.807) is 0 Å². The van der Waals surface area contributed by atoms with Gasteiger partial charge in [-0.2, -0.15) is 4.31 Å². The number of hydrogen-bond donors (Lipinski definition) is 0. The average Bonchev–Trinajstić information content (AvgIpc) is 2.89. The third-order valence-corrected chi connectivity index (χ3v) is 6.23. The number of hydrogen-bond acceptors (Lipinski definition) is 3. The van der Waals surface area contributed by atoms with Crippen LogP contribution in [0.4, 0.5) is 4.39 Å². The average molecular weight is 319 g/mol. The predicted octanol–water partition coefficient (Wildman–Crippen LogP) is 1.95. The Bertz CT molecular complexity index is 623. The molecule has 0 bridgehead atoms. The van der Waals surface area contributed by atoms with Gasteiger partial charge in [0.25, 0.3) is 0 Å². The minimum atomic E-state index is -3.58. The second-order valence-corrected chi connectivity index (χ2v) is 7.62. The van der Waals surface area contributed by atoms with Crippen molar-refractivity contribution in [3.8, 4) is 0 Å². The van der Waals surface area contributed by atoms with Gasteiger partial charge in [0.1, 0.15) is 5.82 Å². The third kappa shape index (κ3) is 2.45. The van der Waals surface area contributed by atoms with E-state index in [1.807, 2.05) is 0 Å². The molecule has 2 fully saturated rings. The van der Waals surface area contributed by atoms with Gasteiger partial charge in [0.05, 0.1) is 9.92 Å². The molecule has 0 spiro atoms. The smallest absolute Gasteiger partial charge is 0.243 e. The van der Waals surface area contributed by atoms with Crippen molar-refractivity contribution in [3.63, 3.8) is 0 Å². The highest BCUT2D eigenvalue weighted by Gasteiger charge is 2.36. The third-order valence-electron chi connectivity index (χ3n) is 4.08. The van der Waals surface area contributed by atoms with E-state index in [-0.39, 0.29) is 9.92 Å². The van der Waals surface area contributed by atoms with Crippen LogP contribution in [0.3, 0.4) is 0 Å². The minimum absolute atomic E-state index is 0.0651. The van der Waals surface area contributed by atoms with Crippen molar-refractivity contribution in [2.45, 2.75) is 23.8 Å². The topological polar surface area (TPSA) is 40.6 Å². The highest BCUT2D eigenvalue weighted by atomic mass is 35.5. The van der Waals surface area contributed by atoms with Gasteiger partial charge in [-0.15, -0.1) is 0 Å². The highest BCUT2D eigenvalue weighted by Crippen LogP contribution is 2.27. The lowest BCUT2D eigenvalue weighted by molar-refractivity contribution is 0.158. The number of benzene rings is 1. The van der Waals surface area contributed by atoms with Crippen molar-refractivity contribution in [2.75, 3.05) is 26.2 Å². The first-order valence-electron chi connectivity index (χ1n) is 6.68. The summed E-state index contributed by atoms with van der Waals surface area (Å²) in [7, 11) is -3.58. The number of rotatable bonds is 2. The summed E-state index contributed by atoms with van der Waals surface area (Å²) in [6, 6.07) is 3.88. The number of piperazine rings is 1. The molecule has 7 heteroatoms. The van der Waals surface area contributed by atoms with E-state index in [0.29, 0.717) is 19.1 Å². The molecule has 1 unspecified atom stereocenters. The molecule has 2 saturated heterocycles. The van der Waals surface area contributed by atoms with Crippen molar-refractivity contribution < 1.29 is 12.8 Å². The van der Waals surface area contributed by atoms with Gasteiger partial charge in [-0.25, -0.2) is 12.8 Å². The zero-order valence-corrected chi connectivity index (χ0v) is 12.5. The van der Waals surface area contributed by atoms with Crippen LogP contribution in [0.15, 0.2) is 23.1 Å². The van der Waals surface area contributed by atoms with Crippen LogP contribution in [-0.4, -0.2) is 49.8 Å². The van der Waals surface area contributed by atoms with E-state index in [0.717, 1.165) is 32.0 Å². The lowest BCUT2D eigenvalue weighted by Crippen LogP contribution is -2.51. The molecule has 0 radical (unpaired) electrons. The van der Waals surface area contributed by atoms with E-state index in [2.05, 4.69) is 4.90 Å². The summed E-state index contributed by atoms with van der Waals surface area (Å²) in [4.78, 5) is 2.40. The molecule has 0 amide bonds. The van der Waals surface area contributed by atoms with Crippen LogP contribution in [0.1, 0.15) is 12.8 Å². The molecular weight excluding hydrogens is 303 g/mol. The van der Waals surface area contributed by atoms with E-state index in [1.165, 1.54) is 16.4 Å². The van der Waals surface area contributed by atoms with Crippen LogP contribution in [0.25, 0.3) is 0 Å². The van der Waals surface area contributed by atoms with Gasteiger partial charge < -0.3 is 0 Å². The molecule has 2 aliphatic heterocycles. The molecule has 110 valence electrons. The summed E-state index contributed by atoms with van der Waals surface area (Å²) in [5.41, 5.74) is 0. The van der Waals surface area contributed by atoms with Crippen molar-refractivity contribution in [1.29, 1.82) is 0 Å². The van der Waals surface area contributed by atoms with Gasteiger partial charge in [0, 0.05) is 25.7 Å². The molecule has 1 aromatic rings. The Hall–Kier alpha value is -0.690. The Morgan fingerprint density at radius 2 is 2.05 bits per heavy atom. The van der Waals surface area contributed by atoms with Crippen molar-refractivity contribution in [2.24, 2.45) is 0 Å². The maximum Gasteiger partial charge on any atom is 0.243 e. The molecule has 0 aliphatic carbocycles. The Kier molecular flexibility index (Phi) is 3.75. The van der Waals surface area contributed by atoms with E-state index in [4.69, 9.17) is 11.6 Å². The summed E-state index contributed by atoms with van der Waals surface area (Å²) >= 11 is 5.68. The second kappa shape index (κ2) is 5.26. The van der Waals surface area contributed by atoms with Crippen molar-refractivity contribution in [1.82, 2.24) is 9.21 Å². The van der Waals surface area contributed by atoms with E-state index < -0.39 is 15.8 Å². The van der Waals surface area contributed by atoms with Crippen LogP contribution in [-0.2, 0) is 10.0 Å². The summed E-state index contributed by atoms with van der Waals surface area (Å²) in [5, 5.41) is -0.162. The Balaban J connectivity index is 1.86. The monoisotopic (exact) mass is 318 g/mol. The lowest BCUT2D eigenvalue weighted by atomic mass is 10.2. The SMILES string of the molecule is O=S(=O)(c1ccc(F)c(Cl)c1)N1CCN2CCCC2C1. The molecule has 2 aliphatic rings. The van der Waals surface area contributed by atoms with Crippen LogP contribution in [0.5, 0.6) is 0 Å². The molecule has 0 aromatic heterocycles. The maximum atomic E-state index is 13.2. The standard InChI is InChI=1S/C13H16ClFN2O2S/c14-12-8-11(3-4-13(12)15)20(18,19)17-7-6-16-5-1-2-10(16)9-17/h3-4,8,10H,1-2,5-7,9H2. The van der Waals surface area contributed by atoms with Crippen molar-refractivity contribution in [3.05, 3.63) is 29.0 Å². The Morgan fingerprint density at radius 3 is 2.80 bits per heavy atom. The zero-order valence-electron chi connectivity index (χ0n) is 10.9. The van der Waals surface area contributed by atoms with Crippen LogP contribution < -0.4 is 0 Å². The van der Waals surface area contributed by atoms with Gasteiger partial charge in [0.15, 0.2) is 0 Å². The fourth-order valence-electron chi connectivity index (χ4n) is 2.97. The van der Waals surface area contributed by atoms with Crippen molar-refractivity contribution >= 4 is 21.6 Å². The number of fused-ring (bicyclic) bond motifs is 1. The van der Waals surface area contributed by atoms with Crippen LogP contribution >= 0.6 is 11.6 Å². The van der Waals surface area contributed by atoms with Gasteiger partial charge in [-0.05, 0) is 37.6 Å². The quantitative estimate of drug-likeness (QED) is 0.837. The fraction of sp³-hybridized carbons (Fsp3) is 0.538. The minimum Gasteiger partial charge on any atom is -0.298 e. The molecule has 1 atom stereocenters. The molecular formula is C13H16ClFN2O2S. The van der Waals surface area contributed by atoms with Gasteiger partial charge in [0.2, 0.25) is 10.0 Å². The summed E-state index contributed by atoms with van der Waals surface area (Å²) in [6.45, 7) is 2.81. The first-order valence-corrected chi connectivity index (χ1v) is 8.49.